The van der Waals surface area contributed by atoms with E-state index in [-0.39, 0.29) is 12.5 Å². The number of carbonyl (C=O) groups is 2. The number of hydrogen-bond acceptors (Lipinski definition) is 3. The monoisotopic (exact) mass is 317 g/mol. The highest BCUT2D eigenvalue weighted by atomic mass is 16.2. The number of rotatable bonds is 4. The van der Waals surface area contributed by atoms with E-state index in [1.54, 1.807) is 24.3 Å². The topological polar surface area (TPSA) is 74.9 Å². The van der Waals surface area contributed by atoms with Crippen molar-refractivity contribution in [2.75, 3.05) is 5.32 Å². The molecule has 1 N–H and O–H groups in total. The Kier molecular flexibility index (Phi) is 4.13. The van der Waals surface area contributed by atoms with Gasteiger partial charge in [0.25, 0.3) is 0 Å². The summed E-state index contributed by atoms with van der Waals surface area (Å²) in [7, 11) is 0. The second-order valence-electron chi connectivity index (χ2n) is 5.46. The van der Waals surface area contributed by atoms with Gasteiger partial charge in [-0.25, -0.2) is 0 Å². The number of benzene rings is 2. The summed E-state index contributed by atoms with van der Waals surface area (Å²) in [6.45, 7) is 1.94. The van der Waals surface area contributed by atoms with Gasteiger partial charge in [0.05, 0.1) is 11.6 Å². The molecule has 0 saturated carbocycles. The Balaban J connectivity index is 1.86. The van der Waals surface area contributed by atoms with Crippen LogP contribution in [0.5, 0.6) is 0 Å². The lowest BCUT2D eigenvalue weighted by molar-refractivity contribution is -0.116. The van der Waals surface area contributed by atoms with Crippen LogP contribution in [0.2, 0.25) is 0 Å². The number of nitrogens with one attached hydrogen (secondary N) is 1. The van der Waals surface area contributed by atoms with Crippen LogP contribution in [0.3, 0.4) is 0 Å². The van der Waals surface area contributed by atoms with Crippen molar-refractivity contribution in [1.29, 1.82) is 5.26 Å². The zero-order chi connectivity index (χ0) is 17.1. The molecule has 0 aliphatic carbocycles. The highest BCUT2D eigenvalue weighted by Crippen LogP contribution is 2.24. The number of nitriles is 1. The maximum Gasteiger partial charge on any atom is 0.244 e. The van der Waals surface area contributed by atoms with E-state index in [4.69, 9.17) is 5.26 Å². The molecule has 5 nitrogen and oxygen atoms in total. The Morgan fingerprint density at radius 1 is 1.21 bits per heavy atom. The third-order valence-electron chi connectivity index (χ3n) is 4.00. The van der Waals surface area contributed by atoms with Gasteiger partial charge in [-0.1, -0.05) is 18.2 Å². The zero-order valence-electron chi connectivity index (χ0n) is 13.1. The van der Waals surface area contributed by atoms with Gasteiger partial charge in [0.1, 0.15) is 6.54 Å². The second-order valence-corrected chi connectivity index (χ2v) is 5.46. The summed E-state index contributed by atoms with van der Waals surface area (Å²) in [6, 6.07) is 16.2. The lowest BCUT2D eigenvalue weighted by atomic mass is 10.1. The fourth-order valence-electron chi connectivity index (χ4n) is 2.78. The summed E-state index contributed by atoms with van der Waals surface area (Å²) in [5, 5.41) is 12.4. The summed E-state index contributed by atoms with van der Waals surface area (Å²) in [5.41, 5.74) is 3.39. The van der Waals surface area contributed by atoms with E-state index in [9.17, 15) is 9.59 Å². The largest absolute Gasteiger partial charge is 0.335 e. The number of hydrogen-bond donors (Lipinski definition) is 1. The van der Waals surface area contributed by atoms with Gasteiger partial charge >= 0.3 is 0 Å². The van der Waals surface area contributed by atoms with E-state index >= 15 is 0 Å². The van der Waals surface area contributed by atoms with Gasteiger partial charge in [-0.2, -0.15) is 5.26 Å². The molecule has 2 aromatic carbocycles. The fourth-order valence-corrected chi connectivity index (χ4v) is 2.78. The van der Waals surface area contributed by atoms with Crippen LogP contribution in [-0.2, 0) is 11.3 Å². The Labute approximate surface area is 139 Å². The third-order valence-corrected chi connectivity index (χ3v) is 4.00. The van der Waals surface area contributed by atoms with Gasteiger partial charge in [-0.15, -0.1) is 0 Å². The molecule has 0 aliphatic rings. The van der Waals surface area contributed by atoms with Gasteiger partial charge in [0.15, 0.2) is 6.29 Å². The molecule has 0 aliphatic heterocycles. The number of amides is 1. The first-order chi connectivity index (χ1) is 11.6. The van der Waals surface area contributed by atoms with Crippen molar-refractivity contribution in [3.63, 3.8) is 0 Å². The SMILES string of the molecule is Cc1c(C=O)c2ccccc2n1CC(=O)Nc1ccc(C#N)cc1. The molecule has 3 rings (SSSR count). The van der Waals surface area contributed by atoms with Crippen molar-refractivity contribution in [3.05, 3.63) is 65.4 Å². The van der Waals surface area contributed by atoms with Crippen LogP contribution in [-0.4, -0.2) is 16.8 Å². The molecule has 1 amide bonds. The Morgan fingerprint density at radius 3 is 2.58 bits per heavy atom. The number of fused-ring (bicyclic) bond motifs is 1. The molecule has 0 fully saturated rings. The highest BCUT2D eigenvalue weighted by molar-refractivity contribution is 6.00. The van der Waals surface area contributed by atoms with Gasteiger partial charge in [0.2, 0.25) is 5.91 Å². The van der Waals surface area contributed by atoms with Crippen molar-refractivity contribution >= 4 is 28.8 Å². The minimum absolute atomic E-state index is 0.111. The van der Waals surface area contributed by atoms with Crippen molar-refractivity contribution in [3.8, 4) is 6.07 Å². The Bertz CT molecular complexity index is 963. The van der Waals surface area contributed by atoms with Gasteiger partial charge in [0, 0.05) is 27.8 Å². The van der Waals surface area contributed by atoms with E-state index in [0.29, 0.717) is 16.8 Å². The first-order valence-corrected chi connectivity index (χ1v) is 7.47. The zero-order valence-corrected chi connectivity index (χ0v) is 13.1. The summed E-state index contributed by atoms with van der Waals surface area (Å²) >= 11 is 0. The normalized spacial score (nSPS) is 10.3. The highest BCUT2D eigenvalue weighted by Gasteiger charge is 2.15. The standard InChI is InChI=1S/C19H15N3O2/c1-13-17(12-23)16-4-2-3-5-18(16)22(13)11-19(24)21-15-8-6-14(10-20)7-9-15/h2-9,12H,11H2,1H3,(H,21,24). The number of carbonyl (C=O) groups excluding carboxylic acids is 2. The fraction of sp³-hybridized carbons (Fsp3) is 0.105. The van der Waals surface area contributed by atoms with E-state index < -0.39 is 0 Å². The molecule has 1 heterocycles. The smallest absolute Gasteiger partial charge is 0.244 e. The van der Waals surface area contributed by atoms with E-state index in [1.807, 2.05) is 41.8 Å². The summed E-state index contributed by atoms with van der Waals surface area (Å²) in [4.78, 5) is 23.7. The minimum Gasteiger partial charge on any atom is -0.335 e. The molecular formula is C19H15N3O2. The Morgan fingerprint density at radius 2 is 1.92 bits per heavy atom. The lowest BCUT2D eigenvalue weighted by Gasteiger charge is -2.09. The summed E-state index contributed by atoms with van der Waals surface area (Å²) in [5.74, 6) is -0.194. The van der Waals surface area contributed by atoms with Crippen molar-refractivity contribution in [1.82, 2.24) is 4.57 Å². The van der Waals surface area contributed by atoms with E-state index in [1.165, 1.54) is 0 Å². The predicted octanol–water partition coefficient (Wildman–Crippen LogP) is 3.27. The molecule has 0 atom stereocenters. The van der Waals surface area contributed by atoms with E-state index in [2.05, 4.69) is 5.32 Å². The molecule has 24 heavy (non-hydrogen) atoms. The molecule has 1 aromatic heterocycles. The molecule has 118 valence electrons. The van der Waals surface area contributed by atoms with Crippen LogP contribution >= 0.6 is 0 Å². The van der Waals surface area contributed by atoms with Crippen molar-refractivity contribution < 1.29 is 9.59 Å². The van der Waals surface area contributed by atoms with Crippen LogP contribution in [0.15, 0.2) is 48.5 Å². The number of anilines is 1. The molecule has 0 spiro atoms. The first-order valence-electron chi connectivity index (χ1n) is 7.47. The number of aldehydes is 1. The van der Waals surface area contributed by atoms with Crippen molar-refractivity contribution in [2.45, 2.75) is 13.5 Å². The molecule has 3 aromatic rings. The third kappa shape index (κ3) is 2.77. The number of nitrogens with zero attached hydrogens (tertiary/aromatic N) is 2. The lowest BCUT2D eigenvalue weighted by Crippen LogP contribution is -2.19. The van der Waals surface area contributed by atoms with E-state index in [0.717, 1.165) is 22.9 Å². The summed E-state index contributed by atoms with van der Waals surface area (Å²) in [6.07, 6.45) is 0.826. The average Bonchev–Trinajstić information content (AvgIpc) is 2.87. The van der Waals surface area contributed by atoms with Crippen LogP contribution in [0.4, 0.5) is 5.69 Å². The maximum absolute atomic E-state index is 12.3. The first kappa shape index (κ1) is 15.5. The predicted molar refractivity (Wildman–Crippen MR) is 91.8 cm³/mol. The molecule has 5 heteroatoms. The van der Waals surface area contributed by atoms with Crippen LogP contribution < -0.4 is 5.32 Å². The summed E-state index contributed by atoms with van der Waals surface area (Å²) < 4.78 is 1.83. The second kappa shape index (κ2) is 6.39. The molecular weight excluding hydrogens is 302 g/mol. The molecule has 0 radical (unpaired) electrons. The molecule has 0 saturated heterocycles. The maximum atomic E-state index is 12.3. The molecule has 0 bridgehead atoms. The average molecular weight is 317 g/mol. The van der Waals surface area contributed by atoms with Crippen LogP contribution in [0, 0.1) is 18.3 Å². The minimum atomic E-state index is -0.194. The number of para-hydroxylation sites is 1. The van der Waals surface area contributed by atoms with Gasteiger partial charge in [-0.05, 0) is 37.3 Å². The van der Waals surface area contributed by atoms with Gasteiger partial charge < -0.3 is 9.88 Å². The Hall–Kier alpha value is -3.39. The van der Waals surface area contributed by atoms with Crippen LogP contribution in [0.25, 0.3) is 10.9 Å². The molecule has 0 unspecified atom stereocenters. The van der Waals surface area contributed by atoms with Gasteiger partial charge in [-0.3, -0.25) is 9.59 Å². The van der Waals surface area contributed by atoms with Crippen LogP contribution in [0.1, 0.15) is 21.6 Å². The van der Waals surface area contributed by atoms with Crippen molar-refractivity contribution in [2.24, 2.45) is 0 Å². The number of aromatic nitrogens is 1. The quantitative estimate of drug-likeness (QED) is 0.750.